The molecule has 6 heteroatoms. The Morgan fingerprint density at radius 2 is 2.08 bits per heavy atom. The number of carbonyl (C=O) groups excluding carboxylic acids is 1. The first kappa shape index (κ1) is 11.4. The van der Waals surface area contributed by atoms with Crippen LogP contribution in [0.25, 0.3) is 0 Å². The zero-order valence-corrected chi connectivity index (χ0v) is 7.98. The van der Waals surface area contributed by atoms with E-state index >= 15 is 0 Å². The van der Waals surface area contributed by atoms with Gasteiger partial charge in [0.2, 0.25) is 5.91 Å². The zero-order chi connectivity index (χ0) is 9.61. The molecule has 72 valence electrons. The first-order chi connectivity index (χ1) is 5.48. The smallest absolute Gasteiger partial charge is 0.273 e. The second kappa shape index (κ2) is 5.10. The number of hydrogen-bond acceptors (Lipinski definition) is 4. The van der Waals surface area contributed by atoms with Crippen LogP contribution in [0.4, 0.5) is 0 Å². The van der Waals surface area contributed by atoms with Crippen LogP contribution in [0.2, 0.25) is 0 Å². The van der Waals surface area contributed by atoms with E-state index in [1.165, 1.54) is 6.92 Å². The molecule has 0 aliphatic heterocycles. The number of hydroxylamine groups is 1. The summed E-state index contributed by atoms with van der Waals surface area (Å²) in [5, 5.41) is 0. The zero-order valence-electron chi connectivity index (χ0n) is 7.16. The molecule has 0 fully saturated rings. The van der Waals surface area contributed by atoms with E-state index in [0.717, 1.165) is 6.42 Å². The summed E-state index contributed by atoms with van der Waals surface area (Å²) < 4.78 is 25.9. The van der Waals surface area contributed by atoms with Crippen LogP contribution in [0, 0.1) is 0 Å². The first-order valence-electron chi connectivity index (χ1n) is 3.65. The van der Waals surface area contributed by atoms with E-state index in [2.05, 4.69) is 4.28 Å². The molecule has 0 radical (unpaired) electrons. The van der Waals surface area contributed by atoms with E-state index in [-0.39, 0.29) is 5.75 Å². The van der Waals surface area contributed by atoms with Crippen LogP contribution in [0.15, 0.2) is 0 Å². The third kappa shape index (κ3) is 6.11. The van der Waals surface area contributed by atoms with Crippen LogP contribution in [0.1, 0.15) is 26.7 Å². The van der Waals surface area contributed by atoms with Gasteiger partial charge in [0, 0.05) is 6.92 Å². The number of nitrogens with one attached hydrogen (secondary N) is 1. The molecule has 0 aliphatic rings. The highest BCUT2D eigenvalue weighted by atomic mass is 32.2. The maximum Gasteiger partial charge on any atom is 0.287 e. The van der Waals surface area contributed by atoms with Gasteiger partial charge in [0.05, 0.1) is 5.75 Å². The second-order valence-electron chi connectivity index (χ2n) is 2.36. The molecule has 12 heavy (non-hydrogen) atoms. The summed E-state index contributed by atoms with van der Waals surface area (Å²) in [5.74, 6) is -0.598. The molecule has 0 aromatic carbocycles. The third-order valence-corrected chi connectivity index (χ3v) is 2.19. The molecular formula is C6H13NO4S. The molecule has 0 rings (SSSR count). The standard InChI is InChI=1S/C6H13NO4S/c1-3-4-5-12(9,10)11-7-6(2)8/h3-5H2,1-2H3,(H,7,8). The van der Waals surface area contributed by atoms with Crippen LogP contribution in [-0.4, -0.2) is 20.1 Å². The first-order valence-corrected chi connectivity index (χ1v) is 5.23. The predicted molar refractivity (Wildman–Crippen MR) is 43.6 cm³/mol. The lowest BCUT2D eigenvalue weighted by Gasteiger charge is -2.02. The van der Waals surface area contributed by atoms with Crippen molar-refractivity contribution in [3.8, 4) is 0 Å². The number of hydrogen-bond donors (Lipinski definition) is 1. The molecule has 0 spiro atoms. The molecule has 0 aromatic rings. The number of rotatable bonds is 5. The Balaban J connectivity index is 3.80. The fraction of sp³-hybridized carbons (Fsp3) is 0.833. The van der Waals surface area contributed by atoms with E-state index in [9.17, 15) is 13.2 Å². The lowest BCUT2D eigenvalue weighted by Crippen LogP contribution is -2.26. The van der Waals surface area contributed by atoms with Crippen LogP contribution in [0.3, 0.4) is 0 Å². The van der Waals surface area contributed by atoms with Gasteiger partial charge in [-0.25, -0.2) is 5.48 Å². The van der Waals surface area contributed by atoms with Crippen molar-refractivity contribution < 1.29 is 17.5 Å². The fourth-order valence-electron chi connectivity index (χ4n) is 0.485. The molecule has 0 saturated heterocycles. The molecule has 5 nitrogen and oxygen atoms in total. The van der Waals surface area contributed by atoms with Gasteiger partial charge < -0.3 is 0 Å². The van der Waals surface area contributed by atoms with Gasteiger partial charge in [0.1, 0.15) is 0 Å². The van der Waals surface area contributed by atoms with Gasteiger partial charge in [-0.1, -0.05) is 13.3 Å². The predicted octanol–water partition coefficient (Wildman–Crippen LogP) is 0.184. The Labute approximate surface area is 72.2 Å². The van der Waals surface area contributed by atoms with Gasteiger partial charge in [0.25, 0.3) is 10.1 Å². The van der Waals surface area contributed by atoms with E-state index in [1.807, 2.05) is 6.92 Å². The molecule has 0 heterocycles. The molecule has 0 unspecified atom stereocenters. The topological polar surface area (TPSA) is 72.5 Å². The van der Waals surface area contributed by atoms with Gasteiger partial charge in [-0.15, -0.1) is 4.28 Å². The average molecular weight is 195 g/mol. The largest absolute Gasteiger partial charge is 0.287 e. The van der Waals surface area contributed by atoms with Gasteiger partial charge >= 0.3 is 0 Å². The summed E-state index contributed by atoms with van der Waals surface area (Å²) >= 11 is 0. The fourth-order valence-corrected chi connectivity index (χ4v) is 1.45. The SMILES string of the molecule is CCCCS(=O)(=O)ONC(C)=O. The van der Waals surface area contributed by atoms with Crippen molar-refractivity contribution in [3.05, 3.63) is 0 Å². The molecule has 1 N–H and O–H groups in total. The van der Waals surface area contributed by atoms with Gasteiger partial charge in [-0.2, -0.15) is 8.42 Å². The number of carbonyl (C=O) groups is 1. The number of amides is 1. The molecule has 0 atom stereocenters. The maximum atomic E-state index is 10.9. The van der Waals surface area contributed by atoms with Crippen molar-refractivity contribution in [3.63, 3.8) is 0 Å². The normalized spacial score (nSPS) is 11.2. The van der Waals surface area contributed by atoms with Crippen molar-refractivity contribution in [2.24, 2.45) is 0 Å². The van der Waals surface area contributed by atoms with Crippen LogP contribution >= 0.6 is 0 Å². The molecule has 0 aromatic heterocycles. The monoisotopic (exact) mass is 195 g/mol. The Kier molecular flexibility index (Phi) is 4.84. The van der Waals surface area contributed by atoms with E-state index in [0.29, 0.717) is 6.42 Å². The quantitative estimate of drug-likeness (QED) is 0.635. The van der Waals surface area contributed by atoms with Gasteiger partial charge in [-0.3, -0.25) is 4.79 Å². The Bertz CT molecular complexity index is 234. The molecule has 0 bridgehead atoms. The minimum atomic E-state index is -3.57. The summed E-state index contributed by atoms with van der Waals surface area (Å²) in [6, 6.07) is 0. The molecule has 0 saturated carbocycles. The Hall–Kier alpha value is -0.620. The summed E-state index contributed by atoms with van der Waals surface area (Å²) in [5.41, 5.74) is 1.77. The van der Waals surface area contributed by atoms with Gasteiger partial charge in [-0.05, 0) is 6.42 Å². The molecule has 1 amide bonds. The Morgan fingerprint density at radius 1 is 1.50 bits per heavy atom. The van der Waals surface area contributed by atoms with Gasteiger partial charge in [0.15, 0.2) is 0 Å². The van der Waals surface area contributed by atoms with E-state index < -0.39 is 16.0 Å². The van der Waals surface area contributed by atoms with Crippen molar-refractivity contribution in [2.45, 2.75) is 26.7 Å². The second-order valence-corrected chi connectivity index (χ2v) is 4.05. The maximum absolute atomic E-state index is 10.9. The third-order valence-electron chi connectivity index (χ3n) is 1.06. The summed E-state index contributed by atoms with van der Waals surface area (Å²) in [6.07, 6.45) is 1.30. The van der Waals surface area contributed by atoms with Crippen molar-refractivity contribution in [2.75, 3.05) is 5.75 Å². The summed E-state index contributed by atoms with van der Waals surface area (Å²) in [6.45, 7) is 3.04. The highest BCUT2D eigenvalue weighted by Gasteiger charge is 2.10. The van der Waals surface area contributed by atoms with Crippen LogP contribution < -0.4 is 5.48 Å². The van der Waals surface area contributed by atoms with Crippen molar-refractivity contribution in [1.82, 2.24) is 5.48 Å². The van der Waals surface area contributed by atoms with Crippen LogP contribution in [-0.2, 0) is 19.2 Å². The van der Waals surface area contributed by atoms with E-state index in [1.54, 1.807) is 5.48 Å². The molecular weight excluding hydrogens is 182 g/mol. The van der Waals surface area contributed by atoms with Crippen molar-refractivity contribution >= 4 is 16.0 Å². The van der Waals surface area contributed by atoms with Crippen LogP contribution in [0.5, 0.6) is 0 Å². The average Bonchev–Trinajstić information content (AvgIpc) is 1.98. The Morgan fingerprint density at radius 3 is 2.50 bits per heavy atom. The minimum absolute atomic E-state index is 0.0657. The highest BCUT2D eigenvalue weighted by Crippen LogP contribution is 1.96. The molecule has 0 aliphatic carbocycles. The summed E-state index contributed by atoms with van der Waals surface area (Å²) in [7, 11) is -3.57. The lowest BCUT2D eigenvalue weighted by atomic mass is 10.4. The van der Waals surface area contributed by atoms with Crippen molar-refractivity contribution in [1.29, 1.82) is 0 Å². The summed E-state index contributed by atoms with van der Waals surface area (Å²) in [4.78, 5) is 10.3. The minimum Gasteiger partial charge on any atom is -0.273 e. The number of unbranched alkanes of at least 4 members (excludes halogenated alkanes) is 1. The highest BCUT2D eigenvalue weighted by molar-refractivity contribution is 7.86. The lowest BCUT2D eigenvalue weighted by molar-refractivity contribution is -0.125. The van der Waals surface area contributed by atoms with E-state index in [4.69, 9.17) is 0 Å².